The van der Waals surface area contributed by atoms with Gasteiger partial charge in [-0.2, -0.15) is 0 Å². The molecule has 2 aromatic rings. The summed E-state index contributed by atoms with van der Waals surface area (Å²) < 4.78 is 0. The van der Waals surface area contributed by atoms with Gasteiger partial charge < -0.3 is 10.4 Å². The van der Waals surface area contributed by atoms with Gasteiger partial charge in [-0.25, -0.2) is 0 Å². The Kier molecular flexibility index (Phi) is 5.33. The number of carbonyl (C=O) groups excluding carboxylic acids is 1. The number of rotatable bonds is 6. The van der Waals surface area contributed by atoms with Gasteiger partial charge in [-0.3, -0.25) is 9.69 Å². The first kappa shape index (κ1) is 17.1. The Morgan fingerprint density at radius 2 is 2.08 bits per heavy atom. The van der Waals surface area contributed by atoms with Gasteiger partial charge in [0.1, 0.15) is 5.60 Å². The van der Waals surface area contributed by atoms with Crippen molar-refractivity contribution in [3.05, 3.63) is 57.8 Å². The normalized spacial score (nSPS) is 17.6. The van der Waals surface area contributed by atoms with E-state index in [9.17, 15) is 9.90 Å². The van der Waals surface area contributed by atoms with E-state index in [0.717, 1.165) is 30.1 Å². The van der Waals surface area contributed by atoms with E-state index < -0.39 is 5.60 Å². The molecule has 1 unspecified atom stereocenters. The van der Waals surface area contributed by atoms with Crippen LogP contribution in [-0.2, 0) is 12.1 Å². The molecule has 1 aromatic heterocycles. The maximum absolute atomic E-state index is 12.4. The standard InChI is InChI=1S/C19H24N2O2S/c1-19(23,17-8-5-11-24-17)14-20-18(22)16-7-4-6-15(12-16)13-21-9-2-3-10-21/h4-8,11-12,23H,2-3,9-10,13-14H2,1H3,(H,20,22). The third-order valence-corrected chi connectivity index (χ3v) is 5.56. The van der Waals surface area contributed by atoms with Gasteiger partial charge in [-0.15, -0.1) is 11.3 Å². The molecule has 2 heterocycles. The van der Waals surface area contributed by atoms with E-state index in [-0.39, 0.29) is 12.5 Å². The van der Waals surface area contributed by atoms with Crippen LogP contribution in [0.1, 0.15) is 40.6 Å². The third kappa shape index (κ3) is 4.23. The summed E-state index contributed by atoms with van der Waals surface area (Å²) in [5, 5.41) is 15.3. The molecule has 1 atom stereocenters. The molecule has 0 radical (unpaired) electrons. The van der Waals surface area contributed by atoms with Gasteiger partial charge in [0.25, 0.3) is 5.91 Å². The van der Waals surface area contributed by atoms with Gasteiger partial charge in [0.05, 0.1) is 6.54 Å². The molecule has 0 saturated carbocycles. The second-order valence-corrected chi connectivity index (χ2v) is 7.57. The first-order chi connectivity index (χ1) is 11.5. The maximum atomic E-state index is 12.4. The van der Waals surface area contributed by atoms with Crippen molar-refractivity contribution < 1.29 is 9.90 Å². The number of aliphatic hydroxyl groups is 1. The summed E-state index contributed by atoms with van der Waals surface area (Å²) in [7, 11) is 0. The minimum atomic E-state index is -1.04. The zero-order chi connectivity index (χ0) is 17.0. The average Bonchev–Trinajstić information content (AvgIpc) is 3.26. The van der Waals surface area contributed by atoms with Crippen molar-refractivity contribution in [1.29, 1.82) is 0 Å². The first-order valence-electron chi connectivity index (χ1n) is 8.40. The lowest BCUT2D eigenvalue weighted by molar-refractivity contribution is 0.0556. The molecular formula is C19H24N2O2S. The highest BCUT2D eigenvalue weighted by Gasteiger charge is 2.25. The van der Waals surface area contributed by atoms with E-state index in [1.165, 1.54) is 24.2 Å². The lowest BCUT2D eigenvalue weighted by Crippen LogP contribution is -2.38. The highest BCUT2D eigenvalue weighted by Crippen LogP contribution is 2.24. The quantitative estimate of drug-likeness (QED) is 0.847. The van der Waals surface area contributed by atoms with Gasteiger partial charge in [-0.05, 0) is 62.0 Å². The molecule has 0 aliphatic carbocycles. The van der Waals surface area contributed by atoms with Gasteiger partial charge >= 0.3 is 0 Å². The molecule has 1 fully saturated rings. The van der Waals surface area contributed by atoms with Crippen molar-refractivity contribution in [2.45, 2.75) is 31.9 Å². The number of benzene rings is 1. The molecule has 1 saturated heterocycles. The Hall–Kier alpha value is -1.69. The van der Waals surface area contributed by atoms with Crippen molar-refractivity contribution in [1.82, 2.24) is 10.2 Å². The van der Waals surface area contributed by atoms with E-state index in [0.29, 0.717) is 5.56 Å². The summed E-state index contributed by atoms with van der Waals surface area (Å²) in [6.07, 6.45) is 2.52. The van der Waals surface area contributed by atoms with Crippen LogP contribution in [0.25, 0.3) is 0 Å². The maximum Gasteiger partial charge on any atom is 0.251 e. The number of hydrogen-bond donors (Lipinski definition) is 2. The van der Waals surface area contributed by atoms with Crippen molar-refractivity contribution in [3.8, 4) is 0 Å². The Balaban J connectivity index is 1.60. The van der Waals surface area contributed by atoms with E-state index in [2.05, 4.69) is 16.3 Å². The summed E-state index contributed by atoms with van der Waals surface area (Å²) in [5.74, 6) is -0.143. The van der Waals surface area contributed by atoms with Crippen molar-refractivity contribution >= 4 is 17.2 Å². The minimum Gasteiger partial charge on any atom is -0.383 e. The minimum absolute atomic E-state index is 0.143. The summed E-state index contributed by atoms with van der Waals surface area (Å²) in [4.78, 5) is 15.7. The third-order valence-electron chi connectivity index (χ3n) is 4.44. The fourth-order valence-corrected chi connectivity index (χ4v) is 3.82. The fraction of sp³-hybridized carbons (Fsp3) is 0.421. The van der Waals surface area contributed by atoms with Gasteiger partial charge in [-0.1, -0.05) is 18.2 Å². The van der Waals surface area contributed by atoms with Crippen molar-refractivity contribution in [2.24, 2.45) is 0 Å². The Labute approximate surface area is 147 Å². The fourth-order valence-electron chi connectivity index (χ4n) is 3.04. The molecule has 24 heavy (non-hydrogen) atoms. The van der Waals surface area contributed by atoms with E-state index >= 15 is 0 Å². The Morgan fingerprint density at radius 1 is 1.29 bits per heavy atom. The van der Waals surface area contributed by atoms with Gasteiger partial charge in [0.15, 0.2) is 0 Å². The predicted octanol–water partition coefficient (Wildman–Crippen LogP) is 2.98. The van der Waals surface area contributed by atoms with E-state index in [1.54, 1.807) is 6.92 Å². The molecular weight excluding hydrogens is 320 g/mol. The molecule has 3 rings (SSSR count). The van der Waals surface area contributed by atoms with Gasteiger partial charge in [0.2, 0.25) is 0 Å². The molecule has 0 bridgehead atoms. The van der Waals surface area contributed by atoms with Crippen LogP contribution < -0.4 is 5.32 Å². The number of nitrogens with one attached hydrogen (secondary N) is 1. The van der Waals surface area contributed by atoms with Crippen LogP contribution in [0.4, 0.5) is 0 Å². The lowest BCUT2D eigenvalue weighted by atomic mass is 10.0. The molecule has 1 amide bonds. The van der Waals surface area contributed by atoms with Crippen LogP contribution in [-0.4, -0.2) is 35.5 Å². The molecule has 128 valence electrons. The summed E-state index contributed by atoms with van der Waals surface area (Å²) in [6, 6.07) is 11.6. The van der Waals surface area contributed by atoms with Crippen LogP contribution in [0.2, 0.25) is 0 Å². The zero-order valence-electron chi connectivity index (χ0n) is 14.0. The molecule has 1 aliphatic heterocycles. The van der Waals surface area contributed by atoms with Crippen LogP contribution >= 0.6 is 11.3 Å². The van der Waals surface area contributed by atoms with Crippen LogP contribution in [0.5, 0.6) is 0 Å². The first-order valence-corrected chi connectivity index (χ1v) is 9.28. The van der Waals surface area contributed by atoms with E-state index in [1.807, 2.05) is 35.7 Å². The number of nitrogens with zero attached hydrogens (tertiary/aromatic N) is 1. The summed E-state index contributed by atoms with van der Waals surface area (Å²) in [6.45, 7) is 5.10. The second-order valence-electron chi connectivity index (χ2n) is 6.62. The molecule has 1 aromatic carbocycles. The molecule has 1 aliphatic rings. The number of hydrogen-bond acceptors (Lipinski definition) is 4. The molecule has 2 N–H and O–H groups in total. The predicted molar refractivity (Wildman–Crippen MR) is 97.2 cm³/mol. The number of carbonyl (C=O) groups is 1. The van der Waals surface area contributed by atoms with Crippen molar-refractivity contribution in [3.63, 3.8) is 0 Å². The smallest absolute Gasteiger partial charge is 0.251 e. The number of amides is 1. The number of likely N-dealkylation sites (tertiary alicyclic amines) is 1. The molecule has 4 nitrogen and oxygen atoms in total. The largest absolute Gasteiger partial charge is 0.383 e. The van der Waals surface area contributed by atoms with E-state index in [4.69, 9.17) is 0 Å². The SMILES string of the molecule is CC(O)(CNC(=O)c1cccc(CN2CCCC2)c1)c1cccs1. The van der Waals surface area contributed by atoms with Crippen LogP contribution in [0.15, 0.2) is 41.8 Å². The monoisotopic (exact) mass is 344 g/mol. The Bertz CT molecular complexity index is 676. The van der Waals surface area contributed by atoms with Gasteiger partial charge in [0, 0.05) is 17.0 Å². The molecule has 0 spiro atoms. The number of thiophene rings is 1. The topological polar surface area (TPSA) is 52.6 Å². The van der Waals surface area contributed by atoms with Crippen LogP contribution in [0.3, 0.4) is 0 Å². The summed E-state index contributed by atoms with van der Waals surface area (Å²) >= 11 is 1.49. The molecule has 5 heteroatoms. The zero-order valence-corrected chi connectivity index (χ0v) is 14.8. The lowest BCUT2D eigenvalue weighted by Gasteiger charge is -2.22. The van der Waals surface area contributed by atoms with Crippen molar-refractivity contribution in [2.75, 3.05) is 19.6 Å². The highest BCUT2D eigenvalue weighted by molar-refractivity contribution is 7.10. The average molecular weight is 344 g/mol. The second kappa shape index (κ2) is 7.47. The summed E-state index contributed by atoms with van der Waals surface area (Å²) in [5.41, 5.74) is 0.764. The highest BCUT2D eigenvalue weighted by atomic mass is 32.1. The van der Waals surface area contributed by atoms with Crippen LogP contribution in [0, 0.1) is 0 Å². The Morgan fingerprint density at radius 3 is 2.79 bits per heavy atom.